The van der Waals surface area contributed by atoms with Gasteiger partial charge in [-0.05, 0) is 37.0 Å². The van der Waals surface area contributed by atoms with E-state index in [9.17, 15) is 9.59 Å². The summed E-state index contributed by atoms with van der Waals surface area (Å²) < 4.78 is 0. The number of halogens is 1. The van der Waals surface area contributed by atoms with E-state index < -0.39 is 6.61 Å². The highest BCUT2D eigenvalue weighted by atomic mass is 35.5. The van der Waals surface area contributed by atoms with E-state index in [1.807, 2.05) is 25.1 Å². The largest absolute Gasteiger partial charge is 0.387 e. The Bertz CT molecular complexity index is 609. The minimum absolute atomic E-state index is 0.0406. The Morgan fingerprint density at radius 1 is 1.46 bits per heavy atom. The molecule has 0 bridgehead atoms. The number of nitrogens with one attached hydrogen (secondary N) is 1. The summed E-state index contributed by atoms with van der Waals surface area (Å²) in [4.78, 5) is 27.2. The predicted molar refractivity (Wildman–Crippen MR) is 92.9 cm³/mol. The van der Waals surface area contributed by atoms with Crippen LogP contribution < -0.4 is 5.32 Å². The fourth-order valence-electron chi connectivity index (χ4n) is 2.88. The molecule has 0 spiro atoms. The number of aliphatic hydroxyl groups is 1. The lowest BCUT2D eigenvalue weighted by molar-refractivity contribution is -0.136. The van der Waals surface area contributed by atoms with E-state index in [0.29, 0.717) is 24.7 Å². The number of likely N-dealkylation sites (tertiary alicyclic amines) is 1. The third-order valence-corrected chi connectivity index (χ3v) is 4.84. The smallest absolute Gasteiger partial charge is 0.317 e. The van der Waals surface area contributed by atoms with E-state index >= 15 is 0 Å². The molecule has 2 N–H and O–H groups in total. The second kappa shape index (κ2) is 8.35. The highest BCUT2D eigenvalue weighted by Crippen LogP contribution is 2.17. The topological polar surface area (TPSA) is 72.9 Å². The van der Waals surface area contributed by atoms with E-state index in [0.717, 1.165) is 24.0 Å². The minimum Gasteiger partial charge on any atom is -0.387 e. The fraction of sp³-hybridized carbons (Fsp3) is 0.529. The quantitative estimate of drug-likeness (QED) is 0.866. The molecule has 1 aromatic rings. The van der Waals surface area contributed by atoms with Crippen molar-refractivity contribution in [2.24, 2.45) is 0 Å². The molecule has 1 aromatic carbocycles. The first-order valence-electron chi connectivity index (χ1n) is 8.06. The molecule has 1 atom stereocenters. The van der Waals surface area contributed by atoms with Crippen molar-refractivity contribution >= 4 is 23.5 Å². The Kier molecular flexibility index (Phi) is 6.45. The van der Waals surface area contributed by atoms with E-state index in [2.05, 4.69) is 5.32 Å². The van der Waals surface area contributed by atoms with Crippen molar-refractivity contribution in [2.75, 3.05) is 26.7 Å². The van der Waals surface area contributed by atoms with Crippen LogP contribution in [-0.4, -0.2) is 59.6 Å². The maximum atomic E-state index is 12.3. The normalized spacial score (nSPS) is 17.5. The monoisotopic (exact) mass is 353 g/mol. The van der Waals surface area contributed by atoms with Crippen LogP contribution in [0.1, 0.15) is 24.0 Å². The standard InChI is InChI=1S/C17H24ClN3O3/c1-12-8-13(5-6-15(12)18)9-19-17(24)20(2)14-4-3-7-21(10-14)16(23)11-22/h5-6,8,14,22H,3-4,7,9-11H2,1-2H3,(H,19,24)/t14-/m1/s1. The number of amides is 3. The summed E-state index contributed by atoms with van der Waals surface area (Å²) >= 11 is 6.00. The molecule has 1 aliphatic rings. The lowest BCUT2D eigenvalue weighted by atomic mass is 10.0. The summed E-state index contributed by atoms with van der Waals surface area (Å²) in [6.45, 7) is 2.96. The highest BCUT2D eigenvalue weighted by Gasteiger charge is 2.28. The molecule has 0 radical (unpaired) electrons. The van der Waals surface area contributed by atoms with Crippen LogP contribution in [-0.2, 0) is 11.3 Å². The molecule has 24 heavy (non-hydrogen) atoms. The zero-order valence-electron chi connectivity index (χ0n) is 14.1. The maximum Gasteiger partial charge on any atom is 0.317 e. The van der Waals surface area contributed by atoms with Crippen molar-refractivity contribution in [3.8, 4) is 0 Å². The number of nitrogens with zero attached hydrogens (tertiary/aromatic N) is 2. The number of hydrogen-bond donors (Lipinski definition) is 2. The molecular formula is C17H24ClN3O3. The number of carbonyl (C=O) groups excluding carboxylic acids is 2. The summed E-state index contributed by atoms with van der Waals surface area (Å²) in [6.07, 6.45) is 1.67. The van der Waals surface area contributed by atoms with Gasteiger partial charge in [-0.2, -0.15) is 0 Å². The number of hydrogen-bond acceptors (Lipinski definition) is 3. The Morgan fingerprint density at radius 2 is 2.21 bits per heavy atom. The summed E-state index contributed by atoms with van der Waals surface area (Å²) in [7, 11) is 1.74. The Balaban J connectivity index is 1.89. The van der Waals surface area contributed by atoms with Crippen molar-refractivity contribution in [3.63, 3.8) is 0 Å². The van der Waals surface area contributed by atoms with E-state index in [1.54, 1.807) is 16.8 Å². The van der Waals surface area contributed by atoms with Gasteiger partial charge >= 0.3 is 6.03 Å². The van der Waals surface area contributed by atoms with Gasteiger partial charge in [-0.25, -0.2) is 4.79 Å². The van der Waals surface area contributed by atoms with Crippen LogP contribution in [0.3, 0.4) is 0 Å². The third-order valence-electron chi connectivity index (χ3n) is 4.42. The molecule has 0 aliphatic carbocycles. The summed E-state index contributed by atoms with van der Waals surface area (Å²) in [5.41, 5.74) is 1.96. The second-order valence-corrected chi connectivity index (χ2v) is 6.55. The molecule has 6 nitrogen and oxygen atoms in total. The molecule has 1 heterocycles. The van der Waals surface area contributed by atoms with Gasteiger partial charge in [-0.3, -0.25) is 4.79 Å². The van der Waals surface area contributed by atoms with E-state index in [-0.39, 0.29) is 18.0 Å². The third kappa shape index (κ3) is 4.61. The number of aliphatic hydroxyl groups excluding tert-OH is 1. The molecular weight excluding hydrogens is 330 g/mol. The molecule has 0 saturated carbocycles. The van der Waals surface area contributed by atoms with Crippen molar-refractivity contribution in [1.29, 1.82) is 0 Å². The molecule has 3 amide bonds. The number of likely N-dealkylation sites (N-methyl/N-ethyl adjacent to an activating group) is 1. The lowest BCUT2D eigenvalue weighted by Crippen LogP contribution is -2.52. The van der Waals surface area contributed by atoms with Gasteiger partial charge in [-0.1, -0.05) is 23.7 Å². The van der Waals surface area contributed by atoms with Crippen LogP contribution >= 0.6 is 11.6 Å². The van der Waals surface area contributed by atoms with Gasteiger partial charge in [0.15, 0.2) is 0 Å². The first-order chi connectivity index (χ1) is 11.4. The maximum absolute atomic E-state index is 12.3. The van der Waals surface area contributed by atoms with Crippen LogP contribution in [0, 0.1) is 6.92 Å². The van der Waals surface area contributed by atoms with Gasteiger partial charge in [0, 0.05) is 31.7 Å². The van der Waals surface area contributed by atoms with Crippen molar-refractivity contribution in [3.05, 3.63) is 34.3 Å². The van der Waals surface area contributed by atoms with E-state index in [4.69, 9.17) is 16.7 Å². The number of urea groups is 1. The molecule has 1 saturated heterocycles. The van der Waals surface area contributed by atoms with Gasteiger partial charge in [-0.15, -0.1) is 0 Å². The Labute approximate surface area is 147 Å². The summed E-state index contributed by atoms with van der Waals surface area (Å²) in [5.74, 6) is -0.287. The number of carbonyl (C=O) groups is 2. The number of aryl methyl sites for hydroxylation is 1. The summed E-state index contributed by atoms with van der Waals surface area (Å²) in [5, 5.41) is 12.6. The van der Waals surface area contributed by atoms with Crippen molar-refractivity contribution in [1.82, 2.24) is 15.1 Å². The van der Waals surface area contributed by atoms with Crippen LogP contribution in [0.2, 0.25) is 5.02 Å². The Hall–Kier alpha value is -1.79. The van der Waals surface area contributed by atoms with Crippen LogP contribution in [0.5, 0.6) is 0 Å². The molecule has 1 fully saturated rings. The molecule has 132 valence electrons. The van der Waals surface area contributed by atoms with Gasteiger partial charge in [0.05, 0.1) is 6.04 Å². The van der Waals surface area contributed by atoms with E-state index in [1.165, 1.54) is 0 Å². The van der Waals surface area contributed by atoms with Gasteiger partial charge in [0.2, 0.25) is 5.91 Å². The van der Waals surface area contributed by atoms with Crippen LogP contribution in [0.25, 0.3) is 0 Å². The molecule has 1 aliphatic heterocycles. The minimum atomic E-state index is -0.488. The SMILES string of the molecule is Cc1cc(CNC(=O)N(C)[C@@H]2CCCN(C(=O)CO)C2)ccc1Cl. The van der Waals surface area contributed by atoms with Crippen LogP contribution in [0.15, 0.2) is 18.2 Å². The van der Waals surface area contributed by atoms with Gasteiger partial charge in [0.25, 0.3) is 0 Å². The first kappa shape index (κ1) is 18.5. The number of piperidine rings is 1. The number of rotatable bonds is 4. The average Bonchev–Trinajstić information content (AvgIpc) is 2.61. The average molecular weight is 354 g/mol. The van der Waals surface area contributed by atoms with Crippen molar-refractivity contribution in [2.45, 2.75) is 32.4 Å². The van der Waals surface area contributed by atoms with Crippen LogP contribution in [0.4, 0.5) is 4.79 Å². The zero-order chi connectivity index (χ0) is 17.7. The van der Waals surface area contributed by atoms with Gasteiger partial charge < -0.3 is 20.2 Å². The van der Waals surface area contributed by atoms with Crippen molar-refractivity contribution < 1.29 is 14.7 Å². The molecule has 0 aromatic heterocycles. The van der Waals surface area contributed by atoms with Gasteiger partial charge in [0.1, 0.15) is 6.61 Å². The first-order valence-corrected chi connectivity index (χ1v) is 8.44. The molecule has 2 rings (SSSR count). The highest BCUT2D eigenvalue weighted by molar-refractivity contribution is 6.31. The number of benzene rings is 1. The lowest BCUT2D eigenvalue weighted by Gasteiger charge is -2.37. The Morgan fingerprint density at radius 3 is 2.88 bits per heavy atom. The zero-order valence-corrected chi connectivity index (χ0v) is 14.8. The molecule has 0 unspecified atom stereocenters. The fourth-order valence-corrected chi connectivity index (χ4v) is 3.00. The second-order valence-electron chi connectivity index (χ2n) is 6.15. The molecule has 7 heteroatoms. The summed E-state index contributed by atoms with van der Waals surface area (Å²) in [6, 6.07) is 5.44. The predicted octanol–water partition coefficient (Wildman–Crippen LogP) is 1.77.